The maximum absolute atomic E-state index is 9.41. The van der Waals surface area contributed by atoms with Crippen molar-refractivity contribution >= 4 is 46.4 Å². The number of halogens is 4. The lowest BCUT2D eigenvalue weighted by atomic mass is 10.1. The van der Waals surface area contributed by atoms with Crippen molar-refractivity contribution in [2.24, 2.45) is 0 Å². The molecule has 0 aliphatic heterocycles. The normalized spacial score (nSPS) is 10.6. The summed E-state index contributed by atoms with van der Waals surface area (Å²) >= 11 is 24.0. The van der Waals surface area contributed by atoms with Gasteiger partial charge in [-0.3, -0.25) is 0 Å². The zero-order valence-electron chi connectivity index (χ0n) is 8.22. The molecule has 1 N–H and O–H groups in total. The van der Waals surface area contributed by atoms with E-state index in [9.17, 15) is 5.11 Å². The summed E-state index contributed by atoms with van der Waals surface area (Å²) in [7, 11) is 0. The molecule has 2 nitrogen and oxygen atoms in total. The summed E-state index contributed by atoms with van der Waals surface area (Å²) in [6.45, 7) is 0. The molecule has 0 saturated heterocycles. The molecule has 88 valence electrons. The molecule has 0 aliphatic rings. The monoisotopic (exact) mass is 307 g/mol. The summed E-state index contributed by atoms with van der Waals surface area (Å²) in [5.41, 5.74) is 0.887. The fourth-order valence-corrected chi connectivity index (χ4v) is 2.32. The van der Waals surface area contributed by atoms with Crippen molar-refractivity contribution in [2.45, 2.75) is 0 Å². The minimum absolute atomic E-state index is 0.0310. The molecule has 1 aromatic carbocycles. The Morgan fingerprint density at radius 3 is 2.35 bits per heavy atom. The highest BCUT2D eigenvalue weighted by Gasteiger charge is 2.15. The lowest BCUT2D eigenvalue weighted by molar-refractivity contribution is 0.473. The summed E-state index contributed by atoms with van der Waals surface area (Å²) in [6, 6.07) is 4.62. The van der Waals surface area contributed by atoms with E-state index in [0.717, 1.165) is 0 Å². The molecule has 0 radical (unpaired) electrons. The third-order valence-corrected chi connectivity index (χ3v) is 3.56. The van der Waals surface area contributed by atoms with Crippen molar-refractivity contribution in [3.8, 4) is 16.9 Å². The lowest BCUT2D eigenvalue weighted by Gasteiger charge is -2.10. The van der Waals surface area contributed by atoms with Crippen LogP contribution < -0.4 is 0 Å². The first-order chi connectivity index (χ1) is 8.00. The molecular formula is C11H5Cl4NO. The van der Waals surface area contributed by atoms with Crippen LogP contribution in [0.1, 0.15) is 0 Å². The van der Waals surface area contributed by atoms with Gasteiger partial charge in [-0.05, 0) is 18.2 Å². The highest BCUT2D eigenvalue weighted by Crippen LogP contribution is 2.42. The van der Waals surface area contributed by atoms with E-state index < -0.39 is 0 Å². The fourth-order valence-electron chi connectivity index (χ4n) is 1.39. The highest BCUT2D eigenvalue weighted by molar-refractivity contribution is 6.46. The average molecular weight is 309 g/mol. The van der Waals surface area contributed by atoms with Crippen molar-refractivity contribution in [2.75, 3.05) is 0 Å². The van der Waals surface area contributed by atoms with E-state index in [0.29, 0.717) is 21.2 Å². The van der Waals surface area contributed by atoms with Crippen LogP contribution in [-0.4, -0.2) is 10.1 Å². The Balaban J connectivity index is 2.76. The smallest absolute Gasteiger partial charge is 0.137 e. The number of benzene rings is 1. The van der Waals surface area contributed by atoms with Crippen LogP contribution in [0.5, 0.6) is 5.75 Å². The molecule has 0 fully saturated rings. The van der Waals surface area contributed by atoms with Crippen LogP contribution >= 0.6 is 46.4 Å². The molecule has 0 aliphatic carbocycles. The summed E-state index contributed by atoms with van der Waals surface area (Å²) in [5.74, 6) is -0.0310. The van der Waals surface area contributed by atoms with Crippen molar-refractivity contribution in [1.82, 2.24) is 4.98 Å². The Kier molecular flexibility index (Phi) is 3.69. The van der Waals surface area contributed by atoms with Crippen molar-refractivity contribution in [1.29, 1.82) is 0 Å². The zero-order chi connectivity index (χ0) is 12.6. The molecule has 0 amide bonds. The van der Waals surface area contributed by atoms with E-state index in [2.05, 4.69) is 4.98 Å². The molecule has 6 heteroatoms. The molecule has 2 rings (SSSR count). The van der Waals surface area contributed by atoms with Crippen LogP contribution in [0.4, 0.5) is 0 Å². The second-order valence-electron chi connectivity index (χ2n) is 3.25. The second kappa shape index (κ2) is 4.91. The molecule has 0 unspecified atom stereocenters. The predicted octanol–water partition coefficient (Wildman–Crippen LogP) is 5.07. The number of nitrogens with zero attached hydrogens (tertiary/aromatic N) is 1. The number of rotatable bonds is 1. The van der Waals surface area contributed by atoms with Gasteiger partial charge in [-0.2, -0.15) is 0 Å². The van der Waals surface area contributed by atoms with Gasteiger partial charge in [-0.1, -0.05) is 46.4 Å². The van der Waals surface area contributed by atoms with Gasteiger partial charge in [0.05, 0.1) is 21.3 Å². The number of pyridine rings is 1. The Hall–Kier alpha value is -0.670. The van der Waals surface area contributed by atoms with E-state index in [-0.39, 0.29) is 15.9 Å². The van der Waals surface area contributed by atoms with E-state index >= 15 is 0 Å². The van der Waals surface area contributed by atoms with Gasteiger partial charge in [0, 0.05) is 11.1 Å². The molecule has 1 heterocycles. The first kappa shape index (κ1) is 12.8. The Labute approximate surface area is 118 Å². The average Bonchev–Trinajstić information content (AvgIpc) is 2.29. The summed E-state index contributed by atoms with van der Waals surface area (Å²) in [4.78, 5) is 3.82. The molecule has 0 saturated carbocycles. The van der Waals surface area contributed by atoms with Gasteiger partial charge in [0.2, 0.25) is 0 Å². The van der Waals surface area contributed by atoms with Crippen molar-refractivity contribution < 1.29 is 5.11 Å². The molecule has 1 aromatic heterocycles. The summed E-state index contributed by atoms with van der Waals surface area (Å²) in [6.07, 6.45) is 1.23. The van der Waals surface area contributed by atoms with Crippen LogP contribution in [0.25, 0.3) is 11.1 Å². The SMILES string of the molecule is Oc1cnc(Cl)c(-c2c(Cl)ccc(Cl)c2Cl)c1. The van der Waals surface area contributed by atoms with Gasteiger partial charge < -0.3 is 5.11 Å². The number of hydrogen-bond donors (Lipinski definition) is 1. The van der Waals surface area contributed by atoms with E-state index in [1.54, 1.807) is 12.1 Å². The molecule has 0 spiro atoms. The van der Waals surface area contributed by atoms with Gasteiger partial charge in [0.25, 0.3) is 0 Å². The molecule has 0 atom stereocenters. The van der Waals surface area contributed by atoms with Gasteiger partial charge >= 0.3 is 0 Å². The van der Waals surface area contributed by atoms with Gasteiger partial charge in [0.15, 0.2) is 0 Å². The first-order valence-electron chi connectivity index (χ1n) is 4.49. The quantitative estimate of drug-likeness (QED) is 0.589. The third-order valence-electron chi connectivity index (χ3n) is 2.14. The minimum Gasteiger partial charge on any atom is -0.506 e. The maximum atomic E-state index is 9.41. The topological polar surface area (TPSA) is 33.1 Å². The number of aromatic nitrogens is 1. The van der Waals surface area contributed by atoms with Crippen LogP contribution in [0.3, 0.4) is 0 Å². The second-order valence-corrected chi connectivity index (χ2v) is 4.80. The van der Waals surface area contributed by atoms with E-state index in [1.807, 2.05) is 0 Å². The Bertz CT molecular complexity index is 586. The summed E-state index contributed by atoms with van der Waals surface area (Å²) < 4.78 is 0. The van der Waals surface area contributed by atoms with Crippen molar-refractivity contribution in [3.05, 3.63) is 44.6 Å². The first-order valence-corrected chi connectivity index (χ1v) is 6.00. The Morgan fingerprint density at radius 1 is 1.00 bits per heavy atom. The molecular weight excluding hydrogens is 304 g/mol. The lowest BCUT2D eigenvalue weighted by Crippen LogP contribution is -1.87. The van der Waals surface area contributed by atoms with Gasteiger partial charge in [0.1, 0.15) is 10.9 Å². The fraction of sp³-hybridized carbons (Fsp3) is 0. The van der Waals surface area contributed by atoms with Gasteiger partial charge in [-0.25, -0.2) is 4.98 Å². The maximum Gasteiger partial charge on any atom is 0.137 e. The third kappa shape index (κ3) is 2.45. The molecule has 0 bridgehead atoms. The van der Waals surface area contributed by atoms with E-state index in [1.165, 1.54) is 12.3 Å². The zero-order valence-corrected chi connectivity index (χ0v) is 11.2. The van der Waals surface area contributed by atoms with Crippen LogP contribution in [0.15, 0.2) is 24.4 Å². The standard InChI is InChI=1S/C11H5Cl4NO/c12-7-1-2-8(13)10(14)9(7)6-3-5(17)4-16-11(6)15/h1-4,17H. The number of hydrogen-bond acceptors (Lipinski definition) is 2. The molecule has 2 aromatic rings. The van der Waals surface area contributed by atoms with Crippen LogP contribution in [-0.2, 0) is 0 Å². The highest BCUT2D eigenvalue weighted by atomic mass is 35.5. The van der Waals surface area contributed by atoms with Gasteiger partial charge in [-0.15, -0.1) is 0 Å². The largest absolute Gasteiger partial charge is 0.506 e. The molecule has 17 heavy (non-hydrogen) atoms. The number of aromatic hydroxyl groups is 1. The van der Waals surface area contributed by atoms with E-state index in [4.69, 9.17) is 46.4 Å². The van der Waals surface area contributed by atoms with Crippen LogP contribution in [0, 0.1) is 0 Å². The van der Waals surface area contributed by atoms with Crippen LogP contribution in [0.2, 0.25) is 20.2 Å². The van der Waals surface area contributed by atoms with Crippen molar-refractivity contribution in [3.63, 3.8) is 0 Å². The Morgan fingerprint density at radius 2 is 1.65 bits per heavy atom. The predicted molar refractivity (Wildman–Crippen MR) is 71.4 cm³/mol. The summed E-state index contributed by atoms with van der Waals surface area (Å²) in [5, 5.41) is 10.6. The minimum atomic E-state index is -0.0310.